The molecule has 0 spiro atoms. The molecule has 0 aromatic rings. The predicted molar refractivity (Wildman–Crippen MR) is 114 cm³/mol. The van der Waals surface area contributed by atoms with Gasteiger partial charge < -0.3 is 4.43 Å². The van der Waals surface area contributed by atoms with E-state index in [1.165, 1.54) is 12.8 Å². The molecule has 0 amide bonds. The third-order valence-electron chi connectivity index (χ3n) is 5.64. The van der Waals surface area contributed by atoms with E-state index in [9.17, 15) is 4.21 Å². The molecule has 1 saturated carbocycles. The summed E-state index contributed by atoms with van der Waals surface area (Å²) in [5, 5.41) is 0.214. The largest absolute Gasteiger partial charge is 0.413 e. The summed E-state index contributed by atoms with van der Waals surface area (Å²) in [4.78, 5) is 0. The number of rotatable bonds is 6. The maximum atomic E-state index is 12.6. The van der Waals surface area contributed by atoms with Gasteiger partial charge in [-0.2, -0.15) is 4.40 Å². The van der Waals surface area contributed by atoms with Gasteiger partial charge in [-0.3, -0.25) is 0 Å². The second-order valence-corrected chi connectivity index (χ2v) is 16.7. The van der Waals surface area contributed by atoms with Crippen molar-refractivity contribution in [2.75, 3.05) is 0 Å². The number of unbranched alkanes of at least 4 members (excludes halogenated alkanes) is 1. The molecular formula is C20H41NO2SSi. The first-order valence-corrected chi connectivity index (χ1v) is 14.0. The molecule has 0 N–H and O–H groups in total. The summed E-state index contributed by atoms with van der Waals surface area (Å²) in [5.41, 5.74) is 1.15. The average molecular weight is 388 g/mol. The van der Waals surface area contributed by atoms with Gasteiger partial charge in [-0.25, -0.2) is 4.21 Å². The molecule has 0 bridgehead atoms. The molecule has 0 aromatic heterocycles. The van der Waals surface area contributed by atoms with Crippen LogP contribution in [0.3, 0.4) is 0 Å². The molecule has 1 aliphatic rings. The molecule has 148 valence electrons. The highest BCUT2D eigenvalue weighted by Crippen LogP contribution is 2.41. The van der Waals surface area contributed by atoms with Crippen LogP contribution in [0.5, 0.6) is 0 Å². The Morgan fingerprint density at radius 2 is 1.80 bits per heavy atom. The third kappa shape index (κ3) is 6.58. The predicted octanol–water partition coefficient (Wildman–Crippen LogP) is 6.27. The Labute approximate surface area is 160 Å². The van der Waals surface area contributed by atoms with Crippen molar-refractivity contribution >= 4 is 25.0 Å². The highest BCUT2D eigenvalue weighted by Gasteiger charge is 2.42. The standard InChI is InChI=1S/C20H41NO2SSi/c1-10-11-13-16-17(21-24(22)19(2,3)4)14-12-15-18(16)23-25(8,9)20(5,6)7/h16,18H,10-15H2,1-9H3/b21-17+/t16-,18-,24?/m0/s1. The molecule has 0 aromatic carbocycles. The van der Waals surface area contributed by atoms with E-state index in [1.807, 2.05) is 20.8 Å². The van der Waals surface area contributed by atoms with Crippen LogP contribution in [-0.4, -0.2) is 29.1 Å². The van der Waals surface area contributed by atoms with Crippen LogP contribution < -0.4 is 0 Å². The summed E-state index contributed by atoms with van der Waals surface area (Å²) >= 11 is 0. The van der Waals surface area contributed by atoms with Crippen molar-refractivity contribution in [2.45, 2.75) is 116 Å². The Kier molecular flexibility index (Phi) is 8.10. The van der Waals surface area contributed by atoms with Crippen LogP contribution in [0, 0.1) is 5.92 Å². The molecule has 25 heavy (non-hydrogen) atoms. The van der Waals surface area contributed by atoms with Gasteiger partial charge in [0.25, 0.3) is 0 Å². The monoisotopic (exact) mass is 387 g/mol. The van der Waals surface area contributed by atoms with E-state index in [0.29, 0.717) is 5.92 Å². The summed E-state index contributed by atoms with van der Waals surface area (Å²) in [6.07, 6.45) is 6.91. The van der Waals surface area contributed by atoms with E-state index in [0.717, 1.165) is 31.4 Å². The lowest BCUT2D eigenvalue weighted by Crippen LogP contribution is -2.48. The molecule has 5 heteroatoms. The second-order valence-electron chi connectivity index (χ2n) is 10.0. The summed E-state index contributed by atoms with van der Waals surface area (Å²) in [6, 6.07) is 0. The van der Waals surface area contributed by atoms with Crippen LogP contribution in [0.15, 0.2) is 4.40 Å². The Balaban J connectivity index is 3.08. The molecule has 0 aliphatic heterocycles. The molecule has 1 fully saturated rings. The fourth-order valence-electron chi connectivity index (χ4n) is 2.92. The molecule has 0 radical (unpaired) electrons. The zero-order valence-electron chi connectivity index (χ0n) is 18.1. The van der Waals surface area contributed by atoms with Crippen LogP contribution in [0.2, 0.25) is 18.1 Å². The molecular weight excluding hydrogens is 346 g/mol. The second kappa shape index (κ2) is 8.79. The number of hydrogen-bond donors (Lipinski definition) is 0. The van der Waals surface area contributed by atoms with Crippen LogP contribution >= 0.6 is 0 Å². The fourth-order valence-corrected chi connectivity index (χ4v) is 5.02. The van der Waals surface area contributed by atoms with Crippen LogP contribution in [0.25, 0.3) is 0 Å². The Morgan fingerprint density at radius 1 is 1.20 bits per heavy atom. The minimum Gasteiger partial charge on any atom is -0.413 e. The van der Waals surface area contributed by atoms with Gasteiger partial charge in [-0.05, 0) is 64.6 Å². The van der Waals surface area contributed by atoms with Crippen LogP contribution in [0.4, 0.5) is 0 Å². The minimum absolute atomic E-state index is 0.214. The average Bonchev–Trinajstić information content (AvgIpc) is 2.44. The van der Waals surface area contributed by atoms with Crippen molar-refractivity contribution in [3.05, 3.63) is 0 Å². The zero-order valence-corrected chi connectivity index (χ0v) is 19.9. The topological polar surface area (TPSA) is 38.7 Å². The van der Waals surface area contributed by atoms with Crippen molar-refractivity contribution < 1.29 is 8.63 Å². The normalized spacial score (nSPS) is 26.0. The first kappa shape index (κ1) is 23.0. The van der Waals surface area contributed by atoms with Crippen molar-refractivity contribution in [2.24, 2.45) is 10.3 Å². The van der Waals surface area contributed by atoms with E-state index < -0.39 is 19.3 Å². The minimum atomic E-state index is -1.81. The van der Waals surface area contributed by atoms with Gasteiger partial charge in [0.05, 0.1) is 10.9 Å². The Hall–Kier alpha value is -0.00312. The SMILES string of the molecule is CCCC[C@H]1/C(=N/S(=O)C(C)(C)C)CCC[C@@H]1O[Si](C)(C)C(C)(C)C. The lowest BCUT2D eigenvalue weighted by molar-refractivity contribution is 0.120. The maximum absolute atomic E-state index is 12.6. The summed E-state index contributed by atoms with van der Waals surface area (Å²) < 4.78 is 23.8. The molecule has 3 nitrogen and oxygen atoms in total. The quantitative estimate of drug-likeness (QED) is 0.504. The van der Waals surface area contributed by atoms with E-state index in [-0.39, 0.29) is 15.9 Å². The van der Waals surface area contributed by atoms with Crippen molar-refractivity contribution in [1.29, 1.82) is 0 Å². The molecule has 1 rings (SSSR count). The summed E-state index contributed by atoms with van der Waals surface area (Å²) in [5.74, 6) is 0.342. The highest BCUT2D eigenvalue weighted by atomic mass is 32.2. The van der Waals surface area contributed by atoms with Crippen molar-refractivity contribution in [3.63, 3.8) is 0 Å². The van der Waals surface area contributed by atoms with Gasteiger partial charge >= 0.3 is 0 Å². The fraction of sp³-hybridized carbons (Fsp3) is 0.950. The Bertz CT molecular complexity index is 489. The summed E-state index contributed by atoms with van der Waals surface area (Å²) in [6.45, 7) is 19.8. The smallest absolute Gasteiger partial charge is 0.192 e. The Morgan fingerprint density at radius 3 is 2.28 bits per heavy atom. The molecule has 3 atom stereocenters. The lowest BCUT2D eigenvalue weighted by atomic mass is 9.81. The van der Waals surface area contributed by atoms with Crippen LogP contribution in [0.1, 0.15) is 87.0 Å². The third-order valence-corrected chi connectivity index (χ3v) is 11.6. The first-order chi connectivity index (χ1) is 11.3. The van der Waals surface area contributed by atoms with E-state index in [2.05, 4.69) is 40.8 Å². The summed E-state index contributed by atoms with van der Waals surface area (Å²) in [7, 11) is -2.98. The van der Waals surface area contributed by atoms with Gasteiger partial charge in [0.1, 0.15) is 11.0 Å². The van der Waals surface area contributed by atoms with Gasteiger partial charge in [0, 0.05) is 11.6 Å². The molecule has 1 unspecified atom stereocenters. The van der Waals surface area contributed by atoms with Gasteiger partial charge in [-0.1, -0.05) is 40.5 Å². The number of hydrogen-bond acceptors (Lipinski definition) is 2. The van der Waals surface area contributed by atoms with Gasteiger partial charge in [0.15, 0.2) is 8.32 Å². The van der Waals surface area contributed by atoms with Crippen molar-refractivity contribution in [1.82, 2.24) is 0 Å². The van der Waals surface area contributed by atoms with Gasteiger partial charge in [-0.15, -0.1) is 0 Å². The zero-order chi connectivity index (χ0) is 19.5. The maximum Gasteiger partial charge on any atom is 0.192 e. The van der Waals surface area contributed by atoms with E-state index in [4.69, 9.17) is 8.82 Å². The first-order valence-electron chi connectivity index (χ1n) is 9.97. The van der Waals surface area contributed by atoms with E-state index >= 15 is 0 Å². The number of nitrogens with zero attached hydrogens (tertiary/aromatic N) is 1. The van der Waals surface area contributed by atoms with Crippen molar-refractivity contribution in [3.8, 4) is 0 Å². The van der Waals surface area contributed by atoms with Crippen LogP contribution in [-0.2, 0) is 15.4 Å². The molecule has 0 heterocycles. The van der Waals surface area contributed by atoms with Gasteiger partial charge in [0.2, 0.25) is 0 Å². The highest BCUT2D eigenvalue weighted by molar-refractivity contribution is 7.85. The lowest BCUT2D eigenvalue weighted by Gasteiger charge is -2.43. The van der Waals surface area contributed by atoms with E-state index in [1.54, 1.807) is 0 Å². The molecule has 1 aliphatic carbocycles. The molecule has 0 saturated heterocycles.